The number of methoxy groups -OCH3 is 1. The lowest BCUT2D eigenvalue weighted by Crippen LogP contribution is -2.27. The molecule has 1 aromatic heterocycles. The Bertz CT molecular complexity index is 1190. The van der Waals surface area contributed by atoms with Gasteiger partial charge >= 0.3 is 0 Å². The molecular formula is C23H17N3O3S. The maximum absolute atomic E-state index is 12.9. The van der Waals surface area contributed by atoms with Gasteiger partial charge in [0.1, 0.15) is 5.75 Å². The fraction of sp³-hybridized carbons (Fsp3) is 0.0870. The van der Waals surface area contributed by atoms with Gasteiger partial charge in [0.25, 0.3) is 11.1 Å². The minimum atomic E-state index is -0.361. The highest BCUT2D eigenvalue weighted by atomic mass is 32.2. The van der Waals surface area contributed by atoms with E-state index in [1.807, 2.05) is 47.2 Å². The second-order valence-electron chi connectivity index (χ2n) is 6.54. The van der Waals surface area contributed by atoms with Gasteiger partial charge in [-0.1, -0.05) is 18.2 Å². The standard InChI is InChI=1S/C23H17N3O3S/c1-29-20-10-8-18(9-11-20)25-12-4-7-19(25)13-21-22(27)26(23(28)30-21)15-17-6-3-2-5-16(17)14-24/h2-13H,15H2,1H3/b21-13+. The number of carbonyl (C=O) groups excluding carboxylic acids is 2. The lowest BCUT2D eigenvalue weighted by molar-refractivity contribution is -0.123. The quantitative estimate of drug-likeness (QED) is 0.570. The summed E-state index contributed by atoms with van der Waals surface area (Å²) in [6.07, 6.45) is 3.60. The molecule has 0 aliphatic carbocycles. The van der Waals surface area contributed by atoms with Crippen LogP contribution in [0.1, 0.15) is 16.8 Å². The van der Waals surface area contributed by atoms with Crippen molar-refractivity contribution < 1.29 is 14.3 Å². The van der Waals surface area contributed by atoms with E-state index >= 15 is 0 Å². The average Bonchev–Trinajstić information content (AvgIpc) is 3.34. The van der Waals surface area contributed by atoms with Crippen LogP contribution in [-0.4, -0.2) is 27.7 Å². The van der Waals surface area contributed by atoms with Gasteiger partial charge in [-0.25, -0.2) is 0 Å². The summed E-state index contributed by atoms with van der Waals surface area (Å²) >= 11 is 0.905. The van der Waals surface area contributed by atoms with Gasteiger partial charge in [-0.3, -0.25) is 14.5 Å². The third-order valence-corrected chi connectivity index (χ3v) is 5.66. The SMILES string of the molecule is COc1ccc(-n2cccc2/C=C2/SC(=O)N(Cc3ccccc3C#N)C2=O)cc1. The van der Waals surface area contributed by atoms with Crippen LogP contribution in [-0.2, 0) is 11.3 Å². The molecule has 1 fully saturated rings. The van der Waals surface area contributed by atoms with Crippen LogP contribution in [0.25, 0.3) is 11.8 Å². The fourth-order valence-corrected chi connectivity index (χ4v) is 4.02. The lowest BCUT2D eigenvalue weighted by Gasteiger charge is -2.13. The first-order valence-corrected chi connectivity index (χ1v) is 9.97. The summed E-state index contributed by atoms with van der Waals surface area (Å²) in [7, 11) is 1.61. The molecule has 4 rings (SSSR count). The minimum absolute atomic E-state index is 0.0746. The number of aromatic nitrogens is 1. The number of thioether (sulfide) groups is 1. The van der Waals surface area contributed by atoms with E-state index in [9.17, 15) is 14.9 Å². The molecule has 0 spiro atoms. The van der Waals surface area contributed by atoms with Crippen molar-refractivity contribution in [3.63, 3.8) is 0 Å². The molecular weight excluding hydrogens is 398 g/mol. The summed E-state index contributed by atoms with van der Waals surface area (Å²) in [5, 5.41) is 8.91. The van der Waals surface area contributed by atoms with E-state index in [0.717, 1.165) is 28.9 Å². The molecule has 1 saturated heterocycles. The summed E-state index contributed by atoms with van der Waals surface area (Å²) in [6, 6.07) is 20.4. The molecule has 0 atom stereocenters. The largest absolute Gasteiger partial charge is 0.497 e. The van der Waals surface area contributed by atoms with Gasteiger partial charge in [-0.05, 0) is 65.9 Å². The van der Waals surface area contributed by atoms with Gasteiger partial charge in [0.2, 0.25) is 0 Å². The van der Waals surface area contributed by atoms with E-state index in [4.69, 9.17) is 4.74 Å². The van der Waals surface area contributed by atoms with Gasteiger partial charge < -0.3 is 9.30 Å². The monoisotopic (exact) mass is 415 g/mol. The van der Waals surface area contributed by atoms with Crippen molar-refractivity contribution in [2.75, 3.05) is 7.11 Å². The van der Waals surface area contributed by atoms with Gasteiger partial charge in [0, 0.05) is 17.6 Å². The Labute approximate surface area is 178 Å². The van der Waals surface area contributed by atoms with Crippen molar-refractivity contribution >= 4 is 29.0 Å². The van der Waals surface area contributed by atoms with Crippen molar-refractivity contribution in [1.82, 2.24) is 9.47 Å². The zero-order valence-corrected chi connectivity index (χ0v) is 16.9. The van der Waals surface area contributed by atoms with Crippen LogP contribution in [0.5, 0.6) is 5.75 Å². The van der Waals surface area contributed by atoms with Crippen LogP contribution < -0.4 is 4.74 Å². The van der Waals surface area contributed by atoms with Crippen LogP contribution in [0.3, 0.4) is 0 Å². The molecule has 0 saturated carbocycles. The number of nitriles is 1. The van der Waals surface area contributed by atoms with Crippen molar-refractivity contribution in [1.29, 1.82) is 5.26 Å². The zero-order chi connectivity index (χ0) is 21.1. The summed E-state index contributed by atoms with van der Waals surface area (Å²) in [6.45, 7) is 0.0746. The number of ether oxygens (including phenoxy) is 1. The smallest absolute Gasteiger partial charge is 0.293 e. The van der Waals surface area contributed by atoms with E-state index in [1.165, 1.54) is 4.90 Å². The fourth-order valence-electron chi connectivity index (χ4n) is 3.20. The Balaban J connectivity index is 1.60. The molecule has 0 bridgehead atoms. The highest BCUT2D eigenvalue weighted by molar-refractivity contribution is 8.18. The van der Waals surface area contributed by atoms with Crippen LogP contribution in [0.15, 0.2) is 71.8 Å². The molecule has 0 N–H and O–H groups in total. The molecule has 3 aromatic rings. The van der Waals surface area contributed by atoms with Gasteiger partial charge in [0.05, 0.1) is 30.2 Å². The summed E-state index contributed by atoms with van der Waals surface area (Å²) in [5.41, 5.74) is 2.79. The zero-order valence-electron chi connectivity index (χ0n) is 16.1. The normalized spacial score (nSPS) is 14.9. The molecule has 30 heavy (non-hydrogen) atoms. The van der Waals surface area contributed by atoms with Crippen molar-refractivity contribution in [3.05, 3.63) is 88.6 Å². The van der Waals surface area contributed by atoms with Crippen molar-refractivity contribution in [2.24, 2.45) is 0 Å². The molecule has 148 valence electrons. The summed E-state index contributed by atoms with van der Waals surface area (Å²) < 4.78 is 7.12. The Kier molecular flexibility index (Phi) is 5.42. The molecule has 1 aliphatic heterocycles. The first kappa shape index (κ1) is 19.6. The number of amides is 2. The van der Waals surface area contributed by atoms with E-state index in [0.29, 0.717) is 16.0 Å². The van der Waals surface area contributed by atoms with Crippen LogP contribution in [0, 0.1) is 11.3 Å². The van der Waals surface area contributed by atoms with Gasteiger partial charge in [-0.2, -0.15) is 5.26 Å². The van der Waals surface area contributed by atoms with E-state index in [-0.39, 0.29) is 17.7 Å². The highest BCUT2D eigenvalue weighted by Gasteiger charge is 2.35. The second kappa shape index (κ2) is 8.31. The number of rotatable bonds is 5. The minimum Gasteiger partial charge on any atom is -0.497 e. The van der Waals surface area contributed by atoms with Crippen molar-refractivity contribution in [2.45, 2.75) is 6.54 Å². The Morgan fingerprint density at radius 3 is 2.57 bits per heavy atom. The Morgan fingerprint density at radius 1 is 1.07 bits per heavy atom. The van der Waals surface area contributed by atoms with Gasteiger partial charge in [0.15, 0.2) is 0 Å². The van der Waals surface area contributed by atoms with Gasteiger partial charge in [-0.15, -0.1) is 0 Å². The average molecular weight is 415 g/mol. The number of benzene rings is 2. The van der Waals surface area contributed by atoms with Crippen LogP contribution in [0.2, 0.25) is 0 Å². The summed E-state index contributed by atoms with van der Waals surface area (Å²) in [5.74, 6) is 0.395. The predicted octanol–water partition coefficient (Wildman–Crippen LogP) is 4.59. The molecule has 0 radical (unpaired) electrons. The molecule has 7 heteroatoms. The molecule has 2 amide bonds. The first-order chi connectivity index (χ1) is 14.6. The number of hydrogen-bond acceptors (Lipinski definition) is 5. The van der Waals surface area contributed by atoms with Crippen molar-refractivity contribution in [3.8, 4) is 17.5 Å². The predicted molar refractivity (Wildman–Crippen MR) is 115 cm³/mol. The lowest BCUT2D eigenvalue weighted by atomic mass is 10.1. The third-order valence-electron chi connectivity index (χ3n) is 4.75. The van der Waals surface area contributed by atoms with E-state index < -0.39 is 0 Å². The summed E-state index contributed by atoms with van der Waals surface area (Å²) in [4.78, 5) is 26.9. The highest BCUT2D eigenvalue weighted by Crippen LogP contribution is 2.34. The Morgan fingerprint density at radius 2 is 1.83 bits per heavy atom. The molecule has 1 aliphatic rings. The molecule has 0 unspecified atom stereocenters. The molecule has 6 nitrogen and oxygen atoms in total. The number of carbonyl (C=O) groups is 2. The molecule has 2 aromatic carbocycles. The maximum Gasteiger partial charge on any atom is 0.293 e. The first-order valence-electron chi connectivity index (χ1n) is 9.16. The van der Waals surface area contributed by atoms with E-state index in [2.05, 4.69) is 6.07 Å². The Hall–Kier alpha value is -3.76. The second-order valence-corrected chi connectivity index (χ2v) is 7.53. The van der Waals surface area contributed by atoms with Crippen LogP contribution >= 0.6 is 11.8 Å². The number of imide groups is 1. The van der Waals surface area contributed by atoms with Crippen LogP contribution in [0.4, 0.5) is 4.79 Å². The van der Waals surface area contributed by atoms with E-state index in [1.54, 1.807) is 37.5 Å². The number of hydrogen-bond donors (Lipinski definition) is 0. The topological polar surface area (TPSA) is 75.3 Å². The molecule has 2 heterocycles. The maximum atomic E-state index is 12.9. The third kappa shape index (κ3) is 3.73. The number of nitrogens with zero attached hydrogens (tertiary/aromatic N) is 3.